The van der Waals surface area contributed by atoms with Crippen LogP contribution in [0.5, 0.6) is 23.0 Å². The summed E-state index contributed by atoms with van der Waals surface area (Å²) in [6.45, 7) is 1.88. The quantitative estimate of drug-likeness (QED) is 0.880. The van der Waals surface area contributed by atoms with Crippen LogP contribution in [0.2, 0.25) is 0 Å². The zero-order chi connectivity index (χ0) is 17.7. The molecule has 0 bridgehead atoms. The molecule has 0 aliphatic rings. The minimum Gasteiger partial charge on any atom is -0.497 e. The summed E-state index contributed by atoms with van der Waals surface area (Å²) in [4.78, 5) is 12.7. The van der Waals surface area contributed by atoms with Gasteiger partial charge >= 0.3 is 0 Å². The summed E-state index contributed by atoms with van der Waals surface area (Å²) in [6.07, 6.45) is 0. The molecule has 0 heterocycles. The molecule has 6 heteroatoms. The van der Waals surface area contributed by atoms with Crippen LogP contribution in [0, 0.1) is 6.92 Å². The fourth-order valence-electron chi connectivity index (χ4n) is 2.33. The first kappa shape index (κ1) is 17.5. The lowest BCUT2D eigenvalue weighted by Gasteiger charge is -2.15. The maximum absolute atomic E-state index is 12.7. The Kier molecular flexibility index (Phi) is 5.52. The number of amides is 1. The molecule has 0 aliphatic carbocycles. The average molecular weight is 331 g/mol. The molecule has 1 N–H and O–H groups in total. The van der Waals surface area contributed by atoms with Gasteiger partial charge in [0.2, 0.25) is 0 Å². The molecule has 0 saturated carbocycles. The van der Waals surface area contributed by atoms with Gasteiger partial charge in [-0.3, -0.25) is 4.79 Å². The molecule has 2 rings (SSSR count). The summed E-state index contributed by atoms with van der Waals surface area (Å²) >= 11 is 0. The van der Waals surface area contributed by atoms with E-state index in [9.17, 15) is 4.79 Å². The van der Waals surface area contributed by atoms with Gasteiger partial charge in [0.25, 0.3) is 5.91 Å². The largest absolute Gasteiger partial charge is 0.497 e. The number of methoxy groups -OCH3 is 4. The predicted molar refractivity (Wildman–Crippen MR) is 91.8 cm³/mol. The van der Waals surface area contributed by atoms with Gasteiger partial charge in [-0.15, -0.1) is 0 Å². The van der Waals surface area contributed by atoms with Crippen molar-refractivity contribution < 1.29 is 23.7 Å². The molecule has 0 aliphatic heterocycles. The second-order valence-corrected chi connectivity index (χ2v) is 5.04. The van der Waals surface area contributed by atoms with Crippen molar-refractivity contribution in [3.63, 3.8) is 0 Å². The molecule has 0 saturated heterocycles. The van der Waals surface area contributed by atoms with Crippen molar-refractivity contribution in [2.75, 3.05) is 33.8 Å². The summed E-state index contributed by atoms with van der Waals surface area (Å²) in [5.74, 6) is 1.88. The number of anilines is 1. The molecule has 0 radical (unpaired) electrons. The highest BCUT2D eigenvalue weighted by molar-refractivity contribution is 6.07. The Balaban J connectivity index is 2.40. The van der Waals surface area contributed by atoms with Gasteiger partial charge in [-0.05, 0) is 36.8 Å². The zero-order valence-electron chi connectivity index (χ0n) is 14.4. The lowest BCUT2D eigenvalue weighted by Crippen LogP contribution is -2.14. The van der Waals surface area contributed by atoms with Crippen molar-refractivity contribution in [3.05, 3.63) is 41.5 Å². The van der Waals surface area contributed by atoms with Crippen LogP contribution in [0.25, 0.3) is 0 Å². The molecule has 0 fully saturated rings. The molecule has 0 spiro atoms. The van der Waals surface area contributed by atoms with Gasteiger partial charge < -0.3 is 24.3 Å². The van der Waals surface area contributed by atoms with Gasteiger partial charge in [0.15, 0.2) is 0 Å². The number of ether oxygens (including phenoxy) is 4. The lowest BCUT2D eigenvalue weighted by molar-refractivity contribution is 0.102. The van der Waals surface area contributed by atoms with Crippen molar-refractivity contribution in [3.8, 4) is 23.0 Å². The minimum atomic E-state index is -0.336. The van der Waals surface area contributed by atoms with Gasteiger partial charge in [0.05, 0.1) is 39.7 Å². The molecule has 128 valence electrons. The van der Waals surface area contributed by atoms with E-state index >= 15 is 0 Å². The van der Waals surface area contributed by atoms with E-state index < -0.39 is 0 Å². The number of hydrogen-bond acceptors (Lipinski definition) is 5. The highest BCUT2D eigenvalue weighted by Crippen LogP contribution is 2.32. The van der Waals surface area contributed by atoms with Gasteiger partial charge in [-0.2, -0.15) is 0 Å². The molecule has 6 nitrogen and oxygen atoms in total. The zero-order valence-corrected chi connectivity index (χ0v) is 14.4. The topological polar surface area (TPSA) is 66.0 Å². The third-order valence-corrected chi connectivity index (χ3v) is 3.62. The SMILES string of the molecule is COc1ccc(OC)c(NC(=O)c2cc(OC)c(C)cc2OC)c1. The number of nitrogens with one attached hydrogen (secondary N) is 1. The van der Waals surface area contributed by atoms with Crippen molar-refractivity contribution in [2.45, 2.75) is 6.92 Å². The molecule has 24 heavy (non-hydrogen) atoms. The van der Waals surface area contributed by atoms with Crippen LogP contribution in [0.15, 0.2) is 30.3 Å². The van der Waals surface area contributed by atoms with Crippen LogP contribution in [-0.4, -0.2) is 34.3 Å². The number of hydrogen-bond donors (Lipinski definition) is 1. The Labute approximate surface area is 141 Å². The third kappa shape index (κ3) is 3.53. The Morgan fingerprint density at radius 2 is 1.50 bits per heavy atom. The van der Waals surface area contributed by atoms with Crippen LogP contribution in [0.4, 0.5) is 5.69 Å². The first-order chi connectivity index (χ1) is 11.5. The van der Waals surface area contributed by atoms with E-state index in [0.717, 1.165) is 5.56 Å². The Morgan fingerprint density at radius 1 is 0.833 bits per heavy atom. The lowest BCUT2D eigenvalue weighted by atomic mass is 10.1. The van der Waals surface area contributed by atoms with Crippen molar-refractivity contribution >= 4 is 11.6 Å². The number of carbonyl (C=O) groups is 1. The summed E-state index contributed by atoms with van der Waals surface area (Å²) in [6, 6.07) is 8.58. The second-order valence-electron chi connectivity index (χ2n) is 5.04. The first-order valence-electron chi connectivity index (χ1n) is 7.30. The predicted octanol–water partition coefficient (Wildman–Crippen LogP) is 3.28. The summed E-state index contributed by atoms with van der Waals surface area (Å²) < 4.78 is 21.1. The first-order valence-corrected chi connectivity index (χ1v) is 7.30. The number of aryl methyl sites for hydroxylation is 1. The molecular formula is C18H21NO5. The molecule has 2 aromatic carbocycles. The maximum atomic E-state index is 12.7. The van der Waals surface area contributed by atoms with E-state index in [1.807, 2.05) is 6.92 Å². The Hall–Kier alpha value is -2.89. The molecule has 2 aromatic rings. The van der Waals surface area contributed by atoms with E-state index in [4.69, 9.17) is 18.9 Å². The summed E-state index contributed by atoms with van der Waals surface area (Å²) in [5, 5.41) is 2.82. The molecule has 0 atom stereocenters. The number of rotatable bonds is 6. The van der Waals surface area contributed by atoms with E-state index in [1.54, 1.807) is 44.6 Å². The monoisotopic (exact) mass is 331 g/mol. The van der Waals surface area contributed by atoms with Gasteiger partial charge in [-0.25, -0.2) is 0 Å². The normalized spacial score (nSPS) is 10.0. The number of benzene rings is 2. The van der Waals surface area contributed by atoms with E-state index in [0.29, 0.717) is 34.2 Å². The maximum Gasteiger partial charge on any atom is 0.259 e. The van der Waals surface area contributed by atoms with Crippen LogP contribution in [-0.2, 0) is 0 Å². The molecule has 0 aromatic heterocycles. The van der Waals surface area contributed by atoms with E-state index in [2.05, 4.69) is 5.32 Å². The third-order valence-electron chi connectivity index (χ3n) is 3.62. The summed E-state index contributed by atoms with van der Waals surface area (Å²) in [5.41, 5.74) is 1.75. The van der Waals surface area contributed by atoms with Gasteiger partial charge in [-0.1, -0.05) is 0 Å². The Morgan fingerprint density at radius 3 is 2.08 bits per heavy atom. The van der Waals surface area contributed by atoms with Crippen molar-refractivity contribution in [1.29, 1.82) is 0 Å². The molecular weight excluding hydrogens is 310 g/mol. The fourth-order valence-corrected chi connectivity index (χ4v) is 2.33. The molecule has 0 unspecified atom stereocenters. The van der Waals surface area contributed by atoms with Crippen molar-refractivity contribution in [1.82, 2.24) is 0 Å². The fraction of sp³-hybridized carbons (Fsp3) is 0.278. The van der Waals surface area contributed by atoms with E-state index in [1.165, 1.54) is 14.2 Å². The van der Waals surface area contributed by atoms with Crippen LogP contribution >= 0.6 is 0 Å². The van der Waals surface area contributed by atoms with Crippen molar-refractivity contribution in [2.24, 2.45) is 0 Å². The Bertz CT molecular complexity index is 742. The highest BCUT2D eigenvalue weighted by atomic mass is 16.5. The molecule has 1 amide bonds. The second kappa shape index (κ2) is 7.59. The van der Waals surface area contributed by atoms with Crippen LogP contribution < -0.4 is 24.3 Å². The van der Waals surface area contributed by atoms with Gasteiger partial charge in [0.1, 0.15) is 23.0 Å². The minimum absolute atomic E-state index is 0.336. The van der Waals surface area contributed by atoms with E-state index in [-0.39, 0.29) is 5.91 Å². The van der Waals surface area contributed by atoms with Gasteiger partial charge in [0, 0.05) is 6.07 Å². The highest BCUT2D eigenvalue weighted by Gasteiger charge is 2.17. The van der Waals surface area contributed by atoms with Crippen LogP contribution in [0.3, 0.4) is 0 Å². The standard InChI is InChI=1S/C18H21NO5/c1-11-8-17(24-5)13(10-16(11)23-4)18(20)19-14-9-12(21-2)6-7-15(14)22-3/h6-10H,1-5H3,(H,19,20). The smallest absolute Gasteiger partial charge is 0.259 e. The van der Waals surface area contributed by atoms with Crippen LogP contribution in [0.1, 0.15) is 15.9 Å². The summed E-state index contributed by atoms with van der Waals surface area (Å²) in [7, 11) is 6.17. The number of carbonyl (C=O) groups excluding carboxylic acids is 1. The average Bonchev–Trinajstić information content (AvgIpc) is 2.61.